The second kappa shape index (κ2) is 7.46. The predicted molar refractivity (Wildman–Crippen MR) is 86.8 cm³/mol. The van der Waals surface area contributed by atoms with Crippen molar-refractivity contribution < 1.29 is 4.74 Å². The Morgan fingerprint density at radius 3 is 2.80 bits per heavy atom. The van der Waals surface area contributed by atoms with Gasteiger partial charge in [0.15, 0.2) is 0 Å². The van der Waals surface area contributed by atoms with Crippen LogP contribution < -0.4 is 10.1 Å². The quantitative estimate of drug-likeness (QED) is 0.824. The van der Waals surface area contributed by atoms with Crippen LogP contribution in [0.2, 0.25) is 0 Å². The number of aryl methyl sites for hydroxylation is 1. The van der Waals surface area contributed by atoms with Crippen molar-refractivity contribution in [3.63, 3.8) is 0 Å². The average Bonchev–Trinajstić information content (AvgIpc) is 2.96. The molecule has 1 unspecified atom stereocenters. The fraction of sp³-hybridized carbons (Fsp3) is 0.412. The summed E-state index contributed by atoms with van der Waals surface area (Å²) in [6.45, 7) is 5.42. The van der Waals surface area contributed by atoms with E-state index in [4.69, 9.17) is 4.74 Å². The molecule has 3 heteroatoms. The number of benzene rings is 1. The zero-order chi connectivity index (χ0) is 14.4. The molecule has 1 N–H and O–H groups in total. The highest BCUT2D eigenvalue weighted by Gasteiger charge is 2.07. The molecule has 1 atom stereocenters. The maximum Gasteiger partial charge on any atom is 0.119 e. The van der Waals surface area contributed by atoms with Crippen LogP contribution in [0.4, 0.5) is 0 Å². The van der Waals surface area contributed by atoms with Crippen molar-refractivity contribution in [3.05, 3.63) is 51.7 Å². The van der Waals surface area contributed by atoms with E-state index in [1.54, 1.807) is 7.11 Å². The minimum absolute atomic E-state index is 0.422. The molecule has 0 saturated carbocycles. The monoisotopic (exact) mass is 289 g/mol. The molecule has 20 heavy (non-hydrogen) atoms. The van der Waals surface area contributed by atoms with Gasteiger partial charge in [0.25, 0.3) is 0 Å². The first kappa shape index (κ1) is 15.1. The van der Waals surface area contributed by atoms with E-state index in [0.717, 1.165) is 25.1 Å². The maximum absolute atomic E-state index is 5.25. The summed E-state index contributed by atoms with van der Waals surface area (Å²) in [5.41, 5.74) is 1.31. The Morgan fingerprint density at radius 1 is 1.25 bits per heavy atom. The van der Waals surface area contributed by atoms with Gasteiger partial charge < -0.3 is 10.1 Å². The molecular weight excluding hydrogens is 266 g/mol. The van der Waals surface area contributed by atoms with Crippen LogP contribution in [0.3, 0.4) is 0 Å². The summed E-state index contributed by atoms with van der Waals surface area (Å²) in [6.07, 6.45) is 2.15. The minimum Gasteiger partial charge on any atom is -0.497 e. The average molecular weight is 289 g/mol. The number of ether oxygens (including phenoxy) is 1. The van der Waals surface area contributed by atoms with Crippen LogP contribution in [0.15, 0.2) is 36.4 Å². The van der Waals surface area contributed by atoms with Crippen LogP contribution in [-0.4, -0.2) is 13.7 Å². The molecule has 2 nitrogen and oxygen atoms in total. The lowest BCUT2D eigenvalue weighted by atomic mass is 10.1. The lowest BCUT2D eigenvalue weighted by Gasteiger charge is -2.12. The van der Waals surface area contributed by atoms with Crippen molar-refractivity contribution in [2.45, 2.75) is 32.7 Å². The summed E-state index contributed by atoms with van der Waals surface area (Å²) in [6, 6.07) is 13.2. The second-order valence-electron chi connectivity index (χ2n) is 4.93. The molecule has 0 amide bonds. The van der Waals surface area contributed by atoms with Crippen molar-refractivity contribution in [3.8, 4) is 5.75 Å². The molecule has 0 bridgehead atoms. The Morgan fingerprint density at radius 2 is 2.10 bits per heavy atom. The van der Waals surface area contributed by atoms with E-state index < -0.39 is 0 Å². The number of hydrogen-bond donors (Lipinski definition) is 1. The summed E-state index contributed by atoms with van der Waals surface area (Å²) in [5, 5.41) is 3.59. The van der Waals surface area contributed by atoms with E-state index in [-0.39, 0.29) is 0 Å². The smallest absolute Gasteiger partial charge is 0.119 e. The number of methoxy groups -OCH3 is 1. The molecule has 2 aromatic rings. The Labute approximate surface area is 125 Å². The molecule has 0 radical (unpaired) electrons. The Bertz CT molecular complexity index is 535. The normalized spacial score (nSPS) is 12.3. The molecule has 1 heterocycles. The Balaban J connectivity index is 1.82. The summed E-state index contributed by atoms with van der Waals surface area (Å²) < 4.78 is 5.25. The van der Waals surface area contributed by atoms with Gasteiger partial charge in [0.1, 0.15) is 5.75 Å². The third-order valence-corrected chi connectivity index (χ3v) is 4.87. The van der Waals surface area contributed by atoms with Crippen LogP contribution in [0.1, 0.15) is 35.2 Å². The van der Waals surface area contributed by atoms with Crippen molar-refractivity contribution in [2.24, 2.45) is 0 Å². The van der Waals surface area contributed by atoms with E-state index in [2.05, 4.69) is 43.4 Å². The summed E-state index contributed by atoms with van der Waals surface area (Å²) in [4.78, 5) is 2.88. The second-order valence-corrected chi connectivity index (χ2v) is 6.13. The third-order valence-electron chi connectivity index (χ3n) is 3.46. The number of nitrogens with one attached hydrogen (secondary N) is 1. The Hall–Kier alpha value is -1.32. The molecule has 0 saturated heterocycles. The first-order chi connectivity index (χ1) is 9.72. The van der Waals surface area contributed by atoms with Gasteiger partial charge in [-0.15, -0.1) is 11.3 Å². The number of hydrogen-bond acceptors (Lipinski definition) is 3. The first-order valence-corrected chi connectivity index (χ1v) is 7.99. The fourth-order valence-electron chi connectivity index (χ4n) is 2.18. The molecule has 0 fully saturated rings. The topological polar surface area (TPSA) is 21.3 Å². The zero-order valence-electron chi connectivity index (χ0n) is 12.5. The Kier molecular flexibility index (Phi) is 5.62. The van der Waals surface area contributed by atoms with Gasteiger partial charge in [0.05, 0.1) is 7.11 Å². The SMILES string of the molecule is CCc1ccc(C(C)NCCc2cccc(OC)c2)s1. The molecule has 0 aliphatic heterocycles. The molecule has 0 aliphatic rings. The fourth-order valence-corrected chi connectivity index (χ4v) is 3.16. The van der Waals surface area contributed by atoms with Gasteiger partial charge in [0, 0.05) is 15.8 Å². The zero-order valence-corrected chi connectivity index (χ0v) is 13.3. The predicted octanol–water partition coefficient (Wildman–Crippen LogP) is 4.21. The molecule has 0 aliphatic carbocycles. The van der Waals surface area contributed by atoms with E-state index in [9.17, 15) is 0 Å². The van der Waals surface area contributed by atoms with Gasteiger partial charge in [-0.1, -0.05) is 19.1 Å². The van der Waals surface area contributed by atoms with Gasteiger partial charge in [-0.25, -0.2) is 0 Å². The van der Waals surface area contributed by atoms with E-state index in [0.29, 0.717) is 6.04 Å². The molecule has 1 aromatic carbocycles. The molecular formula is C17H23NOS. The van der Waals surface area contributed by atoms with Crippen LogP contribution in [-0.2, 0) is 12.8 Å². The van der Waals surface area contributed by atoms with Crippen LogP contribution in [0.25, 0.3) is 0 Å². The summed E-state index contributed by atoms with van der Waals surface area (Å²) in [5.74, 6) is 0.932. The third kappa shape index (κ3) is 4.09. The number of rotatable bonds is 7. The largest absolute Gasteiger partial charge is 0.497 e. The highest BCUT2D eigenvalue weighted by atomic mass is 32.1. The van der Waals surface area contributed by atoms with Gasteiger partial charge in [-0.05, 0) is 56.1 Å². The van der Waals surface area contributed by atoms with Crippen LogP contribution in [0, 0.1) is 0 Å². The number of thiophene rings is 1. The highest BCUT2D eigenvalue weighted by molar-refractivity contribution is 7.12. The van der Waals surface area contributed by atoms with Gasteiger partial charge in [0.2, 0.25) is 0 Å². The summed E-state index contributed by atoms with van der Waals surface area (Å²) in [7, 11) is 1.71. The van der Waals surface area contributed by atoms with Crippen molar-refractivity contribution in [2.75, 3.05) is 13.7 Å². The van der Waals surface area contributed by atoms with Gasteiger partial charge in [-0.2, -0.15) is 0 Å². The summed E-state index contributed by atoms with van der Waals surface area (Å²) >= 11 is 1.91. The van der Waals surface area contributed by atoms with Crippen LogP contribution >= 0.6 is 11.3 Å². The van der Waals surface area contributed by atoms with E-state index in [1.165, 1.54) is 15.3 Å². The molecule has 108 valence electrons. The molecule has 1 aromatic heterocycles. The lowest BCUT2D eigenvalue weighted by Crippen LogP contribution is -2.20. The first-order valence-electron chi connectivity index (χ1n) is 7.18. The van der Waals surface area contributed by atoms with Crippen molar-refractivity contribution in [1.82, 2.24) is 5.32 Å². The standard InChI is InChI=1S/C17H23NOS/c1-4-16-8-9-17(20-16)13(2)18-11-10-14-6-5-7-15(12-14)19-3/h5-9,12-13,18H,4,10-11H2,1-3H3. The van der Waals surface area contributed by atoms with Crippen LogP contribution in [0.5, 0.6) is 5.75 Å². The highest BCUT2D eigenvalue weighted by Crippen LogP contribution is 2.23. The van der Waals surface area contributed by atoms with Gasteiger partial charge in [-0.3, -0.25) is 0 Å². The van der Waals surface area contributed by atoms with Gasteiger partial charge >= 0.3 is 0 Å². The van der Waals surface area contributed by atoms with Crippen molar-refractivity contribution >= 4 is 11.3 Å². The molecule has 2 rings (SSSR count). The molecule has 0 spiro atoms. The van der Waals surface area contributed by atoms with Crippen molar-refractivity contribution in [1.29, 1.82) is 0 Å². The minimum atomic E-state index is 0.422. The van der Waals surface area contributed by atoms with E-state index in [1.807, 2.05) is 23.5 Å². The maximum atomic E-state index is 5.25. The lowest BCUT2D eigenvalue weighted by molar-refractivity contribution is 0.414. The van der Waals surface area contributed by atoms with E-state index >= 15 is 0 Å².